The van der Waals surface area contributed by atoms with E-state index in [-0.39, 0.29) is 5.91 Å². The molecule has 0 aliphatic carbocycles. The number of hydrogen-bond donors (Lipinski definition) is 2. The van der Waals surface area contributed by atoms with Crippen LogP contribution >= 0.6 is 0 Å². The molecule has 1 unspecified atom stereocenters. The van der Waals surface area contributed by atoms with E-state index < -0.39 is 11.5 Å². The minimum atomic E-state index is -0.527. The number of nitrogens with two attached hydrogens (primary N) is 1. The van der Waals surface area contributed by atoms with Crippen LogP contribution in [0.5, 0.6) is 0 Å². The van der Waals surface area contributed by atoms with Crippen molar-refractivity contribution in [1.82, 2.24) is 0 Å². The predicted octanol–water partition coefficient (Wildman–Crippen LogP) is 2.55. The fourth-order valence-electron chi connectivity index (χ4n) is 1.71. The van der Waals surface area contributed by atoms with Crippen molar-refractivity contribution in [1.29, 1.82) is 5.26 Å². The fraction of sp³-hybridized carbons (Fsp3) is 0.467. The number of rotatable bonds is 5. The molecule has 1 rings (SSSR count). The Balaban J connectivity index is 2.73. The van der Waals surface area contributed by atoms with E-state index in [0.29, 0.717) is 12.1 Å². The summed E-state index contributed by atoms with van der Waals surface area (Å²) in [6.07, 6.45) is 1.55. The van der Waals surface area contributed by atoms with Gasteiger partial charge in [-0.2, -0.15) is 5.26 Å². The van der Waals surface area contributed by atoms with Crippen molar-refractivity contribution in [2.75, 3.05) is 5.32 Å². The maximum absolute atomic E-state index is 11.8. The molecule has 3 N–H and O–H groups in total. The molecule has 0 bridgehead atoms. The lowest BCUT2D eigenvalue weighted by Crippen LogP contribution is -2.35. The molecule has 0 aliphatic rings. The molecule has 4 nitrogen and oxygen atoms in total. The second kappa shape index (κ2) is 6.35. The Kier molecular flexibility index (Phi) is 5.08. The molecule has 4 heteroatoms. The third-order valence-electron chi connectivity index (χ3n) is 3.09. The first kappa shape index (κ1) is 15.2. The average Bonchev–Trinajstić information content (AvgIpc) is 2.39. The average molecular weight is 259 g/mol. The summed E-state index contributed by atoms with van der Waals surface area (Å²) in [6, 6.07) is 9.07. The van der Waals surface area contributed by atoms with E-state index in [1.807, 2.05) is 32.9 Å². The van der Waals surface area contributed by atoms with Gasteiger partial charge in [0.15, 0.2) is 0 Å². The molecular weight excluding hydrogens is 238 g/mol. The molecule has 0 fully saturated rings. The van der Waals surface area contributed by atoms with Crippen LogP contribution in [0.1, 0.15) is 39.2 Å². The normalized spacial score (nSPS) is 12.6. The van der Waals surface area contributed by atoms with E-state index in [9.17, 15) is 4.79 Å². The number of anilines is 1. The van der Waals surface area contributed by atoms with Gasteiger partial charge in [0.2, 0.25) is 5.91 Å². The number of amides is 1. The molecule has 0 aliphatic heterocycles. The van der Waals surface area contributed by atoms with Crippen molar-refractivity contribution < 1.29 is 4.79 Å². The van der Waals surface area contributed by atoms with Crippen molar-refractivity contribution in [3.63, 3.8) is 0 Å². The minimum absolute atomic E-state index is 0.172. The summed E-state index contributed by atoms with van der Waals surface area (Å²) in [5.74, 6) is -0.172. The first-order valence-corrected chi connectivity index (χ1v) is 6.49. The Labute approximate surface area is 114 Å². The second-order valence-corrected chi connectivity index (χ2v) is 5.20. The van der Waals surface area contributed by atoms with Crippen LogP contribution in [-0.2, 0) is 10.2 Å². The largest absolute Gasteiger partial charge is 0.325 e. The number of carbonyl (C=O) groups is 1. The molecule has 1 amide bonds. The third kappa shape index (κ3) is 4.08. The molecule has 0 saturated carbocycles. The molecule has 0 aromatic heterocycles. The standard InChI is InChI=1S/C15H21N3O/c1-4-5-13(17)14(19)18-12-8-6-11(7-9-12)15(2,3)10-16/h6-9,13H,4-5,17H2,1-3H3,(H,18,19). The smallest absolute Gasteiger partial charge is 0.241 e. The highest BCUT2D eigenvalue weighted by molar-refractivity contribution is 5.94. The highest BCUT2D eigenvalue weighted by atomic mass is 16.2. The van der Waals surface area contributed by atoms with Crippen LogP contribution < -0.4 is 11.1 Å². The van der Waals surface area contributed by atoms with Gasteiger partial charge in [0.1, 0.15) is 0 Å². The van der Waals surface area contributed by atoms with E-state index in [4.69, 9.17) is 11.0 Å². The fourth-order valence-corrected chi connectivity index (χ4v) is 1.71. The van der Waals surface area contributed by atoms with Gasteiger partial charge < -0.3 is 11.1 Å². The number of hydrogen-bond acceptors (Lipinski definition) is 3. The Morgan fingerprint density at radius 1 is 1.42 bits per heavy atom. The molecular formula is C15H21N3O. The Hall–Kier alpha value is -1.86. The Morgan fingerprint density at radius 2 is 2.00 bits per heavy atom. The molecule has 0 heterocycles. The van der Waals surface area contributed by atoms with Crippen molar-refractivity contribution in [2.45, 2.75) is 45.1 Å². The van der Waals surface area contributed by atoms with E-state index in [1.54, 1.807) is 12.1 Å². The van der Waals surface area contributed by atoms with E-state index in [2.05, 4.69) is 11.4 Å². The van der Waals surface area contributed by atoms with Crippen molar-refractivity contribution in [2.24, 2.45) is 5.73 Å². The summed E-state index contributed by atoms with van der Waals surface area (Å²) in [6.45, 7) is 5.71. The van der Waals surface area contributed by atoms with Gasteiger partial charge in [-0.05, 0) is 38.0 Å². The van der Waals surface area contributed by atoms with Crippen molar-refractivity contribution in [3.8, 4) is 6.07 Å². The summed E-state index contributed by atoms with van der Waals surface area (Å²) < 4.78 is 0. The summed E-state index contributed by atoms with van der Waals surface area (Å²) in [5, 5.41) is 11.8. The van der Waals surface area contributed by atoms with Crippen LogP contribution in [0.2, 0.25) is 0 Å². The van der Waals surface area contributed by atoms with Gasteiger partial charge in [0.25, 0.3) is 0 Å². The number of nitrogens with one attached hydrogen (secondary N) is 1. The van der Waals surface area contributed by atoms with Gasteiger partial charge in [-0.25, -0.2) is 0 Å². The lowest BCUT2D eigenvalue weighted by Gasteiger charge is -2.16. The molecule has 0 radical (unpaired) electrons. The maximum atomic E-state index is 11.8. The van der Waals surface area contributed by atoms with Crippen molar-refractivity contribution >= 4 is 11.6 Å². The highest BCUT2D eigenvalue weighted by Gasteiger charge is 2.19. The van der Waals surface area contributed by atoms with Crippen LogP contribution in [0.3, 0.4) is 0 Å². The minimum Gasteiger partial charge on any atom is -0.325 e. The zero-order valence-electron chi connectivity index (χ0n) is 11.7. The highest BCUT2D eigenvalue weighted by Crippen LogP contribution is 2.23. The van der Waals surface area contributed by atoms with E-state index in [1.165, 1.54) is 0 Å². The van der Waals surface area contributed by atoms with Gasteiger partial charge in [-0.1, -0.05) is 25.5 Å². The molecule has 0 spiro atoms. The quantitative estimate of drug-likeness (QED) is 0.852. The summed E-state index contributed by atoms with van der Waals surface area (Å²) >= 11 is 0. The molecule has 0 saturated heterocycles. The van der Waals surface area contributed by atoms with E-state index >= 15 is 0 Å². The third-order valence-corrected chi connectivity index (χ3v) is 3.09. The van der Waals surface area contributed by atoms with Gasteiger partial charge >= 0.3 is 0 Å². The first-order valence-electron chi connectivity index (χ1n) is 6.49. The first-order chi connectivity index (χ1) is 8.90. The van der Waals surface area contributed by atoms with Crippen LogP contribution in [0.25, 0.3) is 0 Å². The number of benzene rings is 1. The number of nitrogens with zero attached hydrogens (tertiary/aromatic N) is 1. The summed E-state index contributed by atoms with van der Waals surface area (Å²) in [5.41, 5.74) is 6.84. The van der Waals surface area contributed by atoms with Crippen LogP contribution in [0, 0.1) is 11.3 Å². The predicted molar refractivity (Wildman–Crippen MR) is 76.6 cm³/mol. The molecule has 1 aromatic rings. The van der Waals surface area contributed by atoms with Gasteiger partial charge in [-0.3, -0.25) is 4.79 Å². The topological polar surface area (TPSA) is 78.9 Å². The van der Waals surface area contributed by atoms with Gasteiger partial charge in [-0.15, -0.1) is 0 Å². The molecule has 1 aromatic carbocycles. The maximum Gasteiger partial charge on any atom is 0.241 e. The SMILES string of the molecule is CCCC(N)C(=O)Nc1ccc(C(C)(C)C#N)cc1. The monoisotopic (exact) mass is 259 g/mol. The van der Waals surface area contributed by atoms with Gasteiger partial charge in [0, 0.05) is 5.69 Å². The number of carbonyl (C=O) groups excluding carboxylic acids is 1. The van der Waals surface area contributed by atoms with Crippen molar-refractivity contribution in [3.05, 3.63) is 29.8 Å². The van der Waals surface area contributed by atoms with Crippen LogP contribution in [0.4, 0.5) is 5.69 Å². The lowest BCUT2D eigenvalue weighted by molar-refractivity contribution is -0.117. The molecule has 19 heavy (non-hydrogen) atoms. The second-order valence-electron chi connectivity index (χ2n) is 5.20. The zero-order valence-corrected chi connectivity index (χ0v) is 11.7. The molecule has 1 atom stereocenters. The lowest BCUT2D eigenvalue weighted by atomic mass is 9.86. The van der Waals surface area contributed by atoms with E-state index in [0.717, 1.165) is 12.0 Å². The Morgan fingerprint density at radius 3 is 2.47 bits per heavy atom. The summed E-state index contributed by atoms with van der Waals surface area (Å²) in [7, 11) is 0. The zero-order chi connectivity index (χ0) is 14.5. The summed E-state index contributed by atoms with van der Waals surface area (Å²) in [4.78, 5) is 11.8. The van der Waals surface area contributed by atoms with Crippen LogP contribution in [-0.4, -0.2) is 11.9 Å². The van der Waals surface area contributed by atoms with Gasteiger partial charge in [0.05, 0.1) is 17.5 Å². The Bertz CT molecular complexity index is 471. The number of nitriles is 1. The van der Waals surface area contributed by atoms with Crippen LogP contribution in [0.15, 0.2) is 24.3 Å². The molecule has 102 valence electrons.